The van der Waals surface area contributed by atoms with E-state index < -0.39 is 11.7 Å². The van der Waals surface area contributed by atoms with Gasteiger partial charge in [0.05, 0.1) is 23.8 Å². The van der Waals surface area contributed by atoms with Crippen molar-refractivity contribution in [2.45, 2.75) is 12.8 Å². The van der Waals surface area contributed by atoms with Crippen molar-refractivity contribution in [3.05, 3.63) is 47.5 Å². The molecule has 7 heteroatoms. The summed E-state index contributed by atoms with van der Waals surface area (Å²) in [6.07, 6.45) is -1.19. The van der Waals surface area contributed by atoms with Crippen LogP contribution < -0.4 is 4.74 Å². The van der Waals surface area contributed by atoms with Gasteiger partial charge in [-0.3, -0.25) is 4.79 Å². The maximum absolute atomic E-state index is 12.9. The highest BCUT2D eigenvalue weighted by Gasteiger charge is 2.34. The van der Waals surface area contributed by atoms with Crippen molar-refractivity contribution in [1.82, 2.24) is 9.55 Å². The summed E-state index contributed by atoms with van der Waals surface area (Å²) < 4.78 is 45.5. The van der Waals surface area contributed by atoms with Gasteiger partial charge in [0.2, 0.25) is 0 Å². The number of carbonyl (C=O) groups excluding carboxylic acids is 1. The zero-order valence-electron chi connectivity index (χ0n) is 10.5. The molecule has 0 saturated carbocycles. The molecule has 0 saturated heterocycles. The molecule has 4 nitrogen and oxygen atoms in total. The predicted octanol–water partition coefficient (Wildman–Crippen LogP) is 2.83. The van der Waals surface area contributed by atoms with Crippen LogP contribution in [0.2, 0.25) is 0 Å². The fourth-order valence-electron chi connectivity index (χ4n) is 1.64. The molecule has 0 aliphatic carbocycles. The number of aryl methyl sites for hydroxylation is 1. The Morgan fingerprint density at radius 2 is 2.15 bits per heavy atom. The minimum atomic E-state index is -4.58. The second-order valence-corrected chi connectivity index (χ2v) is 4.16. The number of nitrogens with zero attached hydrogens (tertiary/aromatic N) is 2. The van der Waals surface area contributed by atoms with Gasteiger partial charge in [-0.25, -0.2) is 4.98 Å². The van der Waals surface area contributed by atoms with Crippen LogP contribution >= 0.6 is 0 Å². The van der Waals surface area contributed by atoms with Gasteiger partial charge >= 0.3 is 6.18 Å². The molecule has 0 aliphatic rings. The maximum atomic E-state index is 12.9. The molecule has 0 spiro atoms. The quantitative estimate of drug-likeness (QED) is 0.811. The van der Waals surface area contributed by atoms with Crippen LogP contribution in [0.1, 0.15) is 21.6 Å². The maximum Gasteiger partial charge on any atom is 0.419 e. The molecule has 1 aromatic carbocycles. The molecule has 0 bridgehead atoms. The van der Waals surface area contributed by atoms with Crippen LogP contribution in [0.5, 0.6) is 5.75 Å². The van der Waals surface area contributed by atoms with Gasteiger partial charge in [0.15, 0.2) is 0 Å². The van der Waals surface area contributed by atoms with Gasteiger partial charge in [-0.05, 0) is 18.2 Å². The number of alkyl halides is 3. The third kappa shape index (κ3) is 2.98. The first-order valence-electron chi connectivity index (χ1n) is 5.66. The lowest BCUT2D eigenvalue weighted by Gasteiger charge is -2.14. The lowest BCUT2D eigenvalue weighted by atomic mass is 10.1. The molecule has 0 aliphatic heterocycles. The molecule has 106 valence electrons. The van der Waals surface area contributed by atoms with Crippen molar-refractivity contribution in [3.8, 4) is 5.75 Å². The van der Waals surface area contributed by atoms with E-state index in [2.05, 4.69) is 4.98 Å². The largest absolute Gasteiger partial charge is 0.487 e. The normalized spacial score (nSPS) is 11.4. The van der Waals surface area contributed by atoms with Gasteiger partial charge in [0.1, 0.15) is 18.6 Å². The average Bonchev–Trinajstić information content (AvgIpc) is 2.80. The zero-order valence-corrected chi connectivity index (χ0v) is 10.5. The smallest absolute Gasteiger partial charge is 0.419 e. The van der Waals surface area contributed by atoms with Crippen LogP contribution in [0.25, 0.3) is 0 Å². The first kappa shape index (κ1) is 14.1. The van der Waals surface area contributed by atoms with Crippen molar-refractivity contribution < 1.29 is 22.7 Å². The van der Waals surface area contributed by atoms with Gasteiger partial charge < -0.3 is 9.30 Å². The Bertz CT molecular complexity index is 620. The molecule has 0 unspecified atom stereocenters. The van der Waals surface area contributed by atoms with E-state index in [9.17, 15) is 18.0 Å². The Labute approximate surface area is 112 Å². The summed E-state index contributed by atoms with van der Waals surface area (Å²) >= 11 is 0. The highest BCUT2D eigenvalue weighted by molar-refractivity contribution is 5.75. The number of hydrogen-bond donors (Lipinski definition) is 0. The van der Waals surface area contributed by atoms with Gasteiger partial charge in [-0.15, -0.1) is 0 Å². The summed E-state index contributed by atoms with van der Waals surface area (Å²) in [7, 11) is 1.71. The van der Waals surface area contributed by atoms with Crippen molar-refractivity contribution in [2.75, 3.05) is 0 Å². The molecule has 20 heavy (non-hydrogen) atoms. The number of imidazole rings is 1. The topological polar surface area (TPSA) is 44.1 Å². The highest BCUT2D eigenvalue weighted by Crippen LogP contribution is 2.36. The molecule has 0 fully saturated rings. The summed E-state index contributed by atoms with van der Waals surface area (Å²) in [6.45, 7) is -0.0417. The standard InChI is InChI=1S/C13H11F3N2O2/c1-18-8-17-5-10(18)7-20-12-3-2-9(6-19)4-11(12)13(14,15)16/h2-6,8H,7H2,1H3. The Hall–Kier alpha value is -2.31. The Kier molecular flexibility index (Phi) is 3.78. The third-order valence-corrected chi connectivity index (χ3v) is 2.74. The van der Waals surface area contributed by atoms with Crippen molar-refractivity contribution >= 4 is 6.29 Å². The minimum Gasteiger partial charge on any atom is -0.487 e. The van der Waals surface area contributed by atoms with E-state index in [-0.39, 0.29) is 17.9 Å². The Morgan fingerprint density at radius 3 is 2.70 bits per heavy atom. The van der Waals surface area contributed by atoms with Crippen LogP contribution in [0.4, 0.5) is 13.2 Å². The second kappa shape index (κ2) is 5.36. The second-order valence-electron chi connectivity index (χ2n) is 4.16. The molecule has 1 heterocycles. The summed E-state index contributed by atoms with van der Waals surface area (Å²) in [6, 6.07) is 3.19. The summed E-state index contributed by atoms with van der Waals surface area (Å²) in [5.74, 6) is -0.315. The molecule has 0 N–H and O–H groups in total. The third-order valence-electron chi connectivity index (χ3n) is 2.74. The van der Waals surface area contributed by atoms with Crippen molar-refractivity contribution in [1.29, 1.82) is 0 Å². The Morgan fingerprint density at radius 1 is 1.40 bits per heavy atom. The van der Waals surface area contributed by atoms with E-state index in [0.717, 1.165) is 12.1 Å². The minimum absolute atomic E-state index is 0.0417. The van der Waals surface area contributed by atoms with E-state index >= 15 is 0 Å². The molecule has 0 amide bonds. The molecular weight excluding hydrogens is 273 g/mol. The van der Waals surface area contributed by atoms with E-state index in [1.165, 1.54) is 18.6 Å². The van der Waals surface area contributed by atoms with Crippen molar-refractivity contribution in [3.63, 3.8) is 0 Å². The molecule has 0 atom stereocenters. The van der Waals surface area contributed by atoms with Crippen LogP contribution in [0.15, 0.2) is 30.7 Å². The SMILES string of the molecule is Cn1cncc1COc1ccc(C=O)cc1C(F)(F)F. The number of halogens is 3. The van der Waals surface area contributed by atoms with E-state index in [1.807, 2.05) is 0 Å². The number of benzene rings is 1. The number of carbonyl (C=O) groups is 1. The van der Waals surface area contributed by atoms with E-state index in [0.29, 0.717) is 12.0 Å². The van der Waals surface area contributed by atoms with Crippen LogP contribution in [0.3, 0.4) is 0 Å². The highest BCUT2D eigenvalue weighted by atomic mass is 19.4. The lowest BCUT2D eigenvalue weighted by Crippen LogP contribution is -2.10. The van der Waals surface area contributed by atoms with E-state index in [1.54, 1.807) is 11.6 Å². The molecule has 2 rings (SSSR count). The summed E-state index contributed by atoms with van der Waals surface area (Å²) in [4.78, 5) is 14.4. The van der Waals surface area contributed by atoms with Gasteiger partial charge in [0, 0.05) is 12.6 Å². The molecule has 2 aromatic rings. The fraction of sp³-hybridized carbons (Fsp3) is 0.231. The number of rotatable bonds is 4. The monoisotopic (exact) mass is 284 g/mol. The predicted molar refractivity (Wildman–Crippen MR) is 64.4 cm³/mol. The fourth-order valence-corrected chi connectivity index (χ4v) is 1.64. The molecule has 1 aromatic heterocycles. The average molecular weight is 284 g/mol. The number of aldehydes is 1. The summed E-state index contributed by atoms with van der Waals surface area (Å²) in [5, 5.41) is 0. The lowest BCUT2D eigenvalue weighted by molar-refractivity contribution is -0.139. The van der Waals surface area contributed by atoms with Crippen LogP contribution in [-0.2, 0) is 19.8 Å². The number of aromatic nitrogens is 2. The molecule has 0 radical (unpaired) electrons. The first-order chi connectivity index (χ1) is 9.41. The van der Waals surface area contributed by atoms with Crippen LogP contribution in [0, 0.1) is 0 Å². The number of hydrogen-bond acceptors (Lipinski definition) is 3. The van der Waals surface area contributed by atoms with Gasteiger partial charge in [-0.2, -0.15) is 13.2 Å². The first-order valence-corrected chi connectivity index (χ1v) is 5.66. The van der Waals surface area contributed by atoms with Crippen molar-refractivity contribution in [2.24, 2.45) is 7.05 Å². The zero-order chi connectivity index (χ0) is 14.8. The van der Waals surface area contributed by atoms with Crippen LogP contribution in [-0.4, -0.2) is 15.8 Å². The van der Waals surface area contributed by atoms with Gasteiger partial charge in [0.25, 0.3) is 0 Å². The van der Waals surface area contributed by atoms with Gasteiger partial charge in [-0.1, -0.05) is 0 Å². The molecular formula is C13H11F3N2O2. The van der Waals surface area contributed by atoms with E-state index in [4.69, 9.17) is 4.74 Å². The summed E-state index contributed by atoms with van der Waals surface area (Å²) in [5.41, 5.74) is -0.382. The Balaban J connectivity index is 2.27. The number of ether oxygens (including phenoxy) is 1.